The third-order valence-corrected chi connectivity index (χ3v) is 16.4. The molecule has 2 aliphatic heterocycles. The highest BCUT2D eigenvalue weighted by Crippen LogP contribution is 2.53. The van der Waals surface area contributed by atoms with Gasteiger partial charge >= 0.3 is 0 Å². The lowest BCUT2D eigenvalue weighted by Gasteiger charge is -2.46. The quantitative estimate of drug-likeness (QED) is 0.154. The molecule has 12 rings (SSSR count). The van der Waals surface area contributed by atoms with Gasteiger partial charge in [-0.05, 0) is 174 Å². The van der Waals surface area contributed by atoms with Gasteiger partial charge in [0, 0.05) is 56.6 Å². The van der Waals surface area contributed by atoms with E-state index in [4.69, 9.17) is 0 Å². The fourth-order valence-corrected chi connectivity index (χ4v) is 12.3. The van der Waals surface area contributed by atoms with Crippen molar-refractivity contribution in [2.75, 3.05) is 14.7 Å². The second-order valence-electron chi connectivity index (χ2n) is 24.6. The first-order valence-electron chi connectivity index (χ1n) is 26.6. The van der Waals surface area contributed by atoms with Crippen molar-refractivity contribution in [1.29, 1.82) is 0 Å². The summed E-state index contributed by atoms with van der Waals surface area (Å²) in [6.07, 6.45) is 6.94. The first-order chi connectivity index (χ1) is 34.9. The molecule has 8 aromatic carbocycles. The van der Waals surface area contributed by atoms with Crippen molar-refractivity contribution >= 4 is 79.9 Å². The predicted molar refractivity (Wildman–Crippen MR) is 315 cm³/mol. The van der Waals surface area contributed by atoms with Crippen molar-refractivity contribution in [2.45, 2.75) is 111 Å². The summed E-state index contributed by atoms with van der Waals surface area (Å²) in [6.45, 7) is 25.9. The van der Waals surface area contributed by atoms with E-state index in [1.807, 2.05) is 0 Å². The smallest absolute Gasteiger partial charge is 0.252 e. The third-order valence-electron chi connectivity index (χ3n) is 16.4. The van der Waals surface area contributed by atoms with Crippen LogP contribution in [0.25, 0.3) is 16.7 Å². The van der Waals surface area contributed by atoms with Gasteiger partial charge in [0.2, 0.25) is 0 Å². The number of hydrogen-bond donors (Lipinski definition) is 0. The average Bonchev–Trinajstić information content (AvgIpc) is 3.61. The molecular formula is C69H68BN3. The summed E-state index contributed by atoms with van der Waals surface area (Å²) in [7, 11) is 0. The molecule has 3 nitrogen and oxygen atoms in total. The highest BCUT2D eigenvalue weighted by molar-refractivity contribution is 7.00. The summed E-state index contributed by atoms with van der Waals surface area (Å²) in [6, 6.07) is 67.2. The van der Waals surface area contributed by atoms with Gasteiger partial charge in [-0.25, -0.2) is 0 Å². The molecule has 2 heterocycles. The van der Waals surface area contributed by atoms with E-state index in [1.165, 1.54) is 94.9 Å². The van der Waals surface area contributed by atoms with Gasteiger partial charge in [-0.15, -0.1) is 0 Å². The van der Waals surface area contributed by atoms with Crippen LogP contribution in [0.4, 0.5) is 51.2 Å². The van der Waals surface area contributed by atoms with E-state index in [0.29, 0.717) is 0 Å². The van der Waals surface area contributed by atoms with Crippen LogP contribution in [0.3, 0.4) is 0 Å². The van der Waals surface area contributed by atoms with E-state index in [0.717, 1.165) is 35.6 Å². The van der Waals surface area contributed by atoms with Crippen LogP contribution >= 0.6 is 0 Å². The van der Waals surface area contributed by atoms with E-state index in [1.54, 1.807) is 0 Å². The second-order valence-corrected chi connectivity index (χ2v) is 24.6. The molecule has 2 aliphatic carbocycles. The molecule has 0 fully saturated rings. The van der Waals surface area contributed by atoms with E-state index in [-0.39, 0.29) is 28.4 Å². The minimum atomic E-state index is -0.140. The largest absolute Gasteiger partial charge is 0.311 e. The van der Waals surface area contributed by atoms with E-state index >= 15 is 0 Å². The average molecular weight is 950 g/mol. The summed E-state index contributed by atoms with van der Waals surface area (Å²) in [4.78, 5) is 7.66. The molecule has 0 bridgehead atoms. The number of para-hydroxylation sites is 1. The van der Waals surface area contributed by atoms with Crippen LogP contribution in [0.15, 0.2) is 194 Å². The van der Waals surface area contributed by atoms with Gasteiger partial charge in [-0.3, -0.25) is 0 Å². The Hall–Kier alpha value is -7.30. The molecule has 0 aromatic heterocycles. The molecule has 0 spiro atoms. The Balaban J connectivity index is 1.13. The zero-order valence-corrected chi connectivity index (χ0v) is 44.7. The van der Waals surface area contributed by atoms with Crippen LogP contribution in [-0.4, -0.2) is 6.71 Å². The lowest BCUT2D eigenvalue weighted by molar-refractivity contribution is 0.590. The molecule has 8 aromatic rings. The zero-order chi connectivity index (χ0) is 50.8. The van der Waals surface area contributed by atoms with Crippen LogP contribution in [0.5, 0.6) is 0 Å². The van der Waals surface area contributed by atoms with Gasteiger partial charge in [-0.2, -0.15) is 0 Å². The Labute approximate surface area is 435 Å². The number of fused-ring (bicyclic) bond motifs is 6. The lowest BCUT2D eigenvalue weighted by Crippen LogP contribution is -2.61. The molecule has 4 heteroatoms. The summed E-state index contributed by atoms with van der Waals surface area (Å²) in [5.74, 6) is 0. The van der Waals surface area contributed by atoms with E-state index in [2.05, 4.69) is 279 Å². The van der Waals surface area contributed by atoms with Crippen LogP contribution < -0.4 is 31.1 Å². The van der Waals surface area contributed by atoms with Crippen molar-refractivity contribution in [3.8, 4) is 11.1 Å². The van der Waals surface area contributed by atoms with Gasteiger partial charge in [0.25, 0.3) is 6.71 Å². The number of allylic oxidation sites excluding steroid dienone is 4. The normalized spacial score (nSPS) is 15.4. The molecule has 0 atom stereocenters. The van der Waals surface area contributed by atoms with Crippen molar-refractivity contribution < 1.29 is 0 Å². The first kappa shape index (κ1) is 46.8. The fourth-order valence-electron chi connectivity index (χ4n) is 12.3. The monoisotopic (exact) mass is 950 g/mol. The Morgan fingerprint density at radius 2 is 1.04 bits per heavy atom. The van der Waals surface area contributed by atoms with Gasteiger partial charge < -0.3 is 14.7 Å². The SMILES string of the molecule is CC(C)(C)c1ccc(N2c3cc(N(c4ccccc4)c4ccc(-c5ccccc5)cc4)ccc3B3c4cc(C(C)(C)C)ccc4N(c4ccc5c(c4)C4=C(C=CCC4)C5(C)C)c4cc(C(C)(C)C)cc2c43)cc1. The molecule has 0 radical (unpaired) electrons. The van der Waals surface area contributed by atoms with Crippen LogP contribution in [-0.2, 0) is 21.7 Å². The Morgan fingerprint density at radius 3 is 1.70 bits per heavy atom. The standard InChI is InChI=1S/C69H68BN3/c1-66(2,3)47-28-33-52(34-29-47)72-62-44-54(71(50-22-16-13-17-23-50)51-31-26-46(27-32-51)45-20-14-12-15-21-45)36-38-59(62)70-60-40-48(67(4,5)6)30-39-61(60)73(64-42-49(68(7,8)9)41-63(72)65(64)70)53-35-37-58-56(43-53)55-24-18-19-25-57(55)69(58,10)11/h12-17,19-23,25-44H,18,24H2,1-11H3. The van der Waals surface area contributed by atoms with Crippen molar-refractivity contribution in [1.82, 2.24) is 0 Å². The van der Waals surface area contributed by atoms with Crippen LogP contribution in [0, 0.1) is 0 Å². The number of rotatable bonds is 6. The molecule has 0 N–H and O–H groups in total. The molecule has 0 saturated carbocycles. The molecule has 0 unspecified atom stereocenters. The summed E-state index contributed by atoms with van der Waals surface area (Å²) in [5, 5.41) is 0. The zero-order valence-electron chi connectivity index (χ0n) is 44.7. The highest BCUT2D eigenvalue weighted by atomic mass is 15.2. The molecule has 4 aliphatic rings. The summed E-state index contributed by atoms with van der Waals surface area (Å²) in [5.41, 5.74) is 26.7. The predicted octanol–water partition coefficient (Wildman–Crippen LogP) is 17.2. The Kier molecular flexibility index (Phi) is 10.8. The van der Waals surface area contributed by atoms with Crippen molar-refractivity contribution in [3.05, 3.63) is 221 Å². The summed E-state index contributed by atoms with van der Waals surface area (Å²) >= 11 is 0. The van der Waals surface area contributed by atoms with Crippen LogP contribution in [0.1, 0.15) is 117 Å². The van der Waals surface area contributed by atoms with Gasteiger partial charge in [0.1, 0.15) is 0 Å². The number of anilines is 9. The molecule has 73 heavy (non-hydrogen) atoms. The topological polar surface area (TPSA) is 9.72 Å². The Morgan fingerprint density at radius 1 is 0.466 bits per heavy atom. The van der Waals surface area contributed by atoms with E-state index < -0.39 is 0 Å². The van der Waals surface area contributed by atoms with Crippen LogP contribution in [0.2, 0.25) is 0 Å². The van der Waals surface area contributed by atoms with Gasteiger partial charge in [-0.1, -0.05) is 185 Å². The molecule has 362 valence electrons. The summed E-state index contributed by atoms with van der Waals surface area (Å²) < 4.78 is 0. The number of benzene rings is 8. The fraction of sp³-hybridized carbons (Fsp3) is 0.246. The highest BCUT2D eigenvalue weighted by Gasteiger charge is 2.46. The van der Waals surface area contributed by atoms with Crippen molar-refractivity contribution in [2.24, 2.45) is 0 Å². The Bertz CT molecular complexity index is 3520. The molecule has 0 saturated heterocycles. The van der Waals surface area contributed by atoms with Gasteiger partial charge in [0.15, 0.2) is 0 Å². The van der Waals surface area contributed by atoms with Crippen molar-refractivity contribution in [3.63, 3.8) is 0 Å². The minimum absolute atomic E-state index is 0.0128. The lowest BCUT2D eigenvalue weighted by atomic mass is 9.33. The molecular weight excluding hydrogens is 882 g/mol. The first-order valence-corrected chi connectivity index (χ1v) is 26.6. The third kappa shape index (κ3) is 7.79. The molecule has 0 amide bonds. The maximum absolute atomic E-state index is 2.63. The van der Waals surface area contributed by atoms with Gasteiger partial charge in [0.05, 0.1) is 0 Å². The number of hydrogen-bond acceptors (Lipinski definition) is 3. The maximum atomic E-state index is 2.63. The van der Waals surface area contributed by atoms with E-state index in [9.17, 15) is 0 Å². The number of nitrogens with zero attached hydrogens (tertiary/aromatic N) is 3. The maximum Gasteiger partial charge on any atom is 0.252 e. The minimum Gasteiger partial charge on any atom is -0.311 e. The second kappa shape index (κ2) is 16.9.